The van der Waals surface area contributed by atoms with Gasteiger partial charge in [0.15, 0.2) is 0 Å². The van der Waals surface area contributed by atoms with E-state index in [1.807, 2.05) is 18.2 Å². The Bertz CT molecular complexity index is 292. The van der Waals surface area contributed by atoms with Gasteiger partial charge < -0.3 is 5.73 Å². The molecule has 2 heteroatoms. The fraction of sp³-hybridized carbons (Fsp3) is 0.400. The molecule has 1 aliphatic rings. The van der Waals surface area contributed by atoms with Crippen molar-refractivity contribution in [1.29, 1.82) is 0 Å². The van der Waals surface area contributed by atoms with Crippen LogP contribution in [0.15, 0.2) is 24.3 Å². The highest BCUT2D eigenvalue weighted by molar-refractivity contribution is 6.30. The van der Waals surface area contributed by atoms with Crippen molar-refractivity contribution in [3.8, 4) is 0 Å². The highest BCUT2D eigenvalue weighted by atomic mass is 35.5. The van der Waals surface area contributed by atoms with Crippen LogP contribution in [0.2, 0.25) is 5.02 Å². The van der Waals surface area contributed by atoms with Crippen LogP contribution in [0.4, 0.5) is 0 Å². The quantitative estimate of drug-likeness (QED) is 0.709. The van der Waals surface area contributed by atoms with Gasteiger partial charge in [0, 0.05) is 10.6 Å². The van der Waals surface area contributed by atoms with Gasteiger partial charge in [-0.15, -0.1) is 0 Å². The molecule has 2 N–H and O–H groups in total. The summed E-state index contributed by atoms with van der Waals surface area (Å²) in [5.41, 5.74) is 7.24. The summed E-state index contributed by atoms with van der Waals surface area (Å²) in [6.45, 7) is 0. The van der Waals surface area contributed by atoms with Crippen LogP contribution >= 0.6 is 11.6 Å². The molecule has 0 bridgehead atoms. The highest BCUT2D eigenvalue weighted by Crippen LogP contribution is 2.39. The minimum atomic E-state index is -0.0785. The van der Waals surface area contributed by atoms with E-state index in [2.05, 4.69) is 6.07 Å². The van der Waals surface area contributed by atoms with Gasteiger partial charge in [-0.1, -0.05) is 23.7 Å². The van der Waals surface area contributed by atoms with Crippen molar-refractivity contribution < 1.29 is 0 Å². The summed E-state index contributed by atoms with van der Waals surface area (Å²) in [6.07, 6.45) is 3.42. The highest BCUT2D eigenvalue weighted by Gasteiger charge is 2.34. The SMILES string of the molecule is NC1(c2cccc(Cl)c2)CCC1. The molecule has 1 nitrogen and oxygen atoms in total. The Balaban J connectivity index is 2.33. The Kier molecular flexibility index (Phi) is 1.85. The summed E-state index contributed by atoms with van der Waals surface area (Å²) in [7, 11) is 0. The normalized spacial score (nSPS) is 20.2. The molecule has 2 rings (SSSR count). The molecule has 0 aliphatic heterocycles. The first kappa shape index (κ1) is 8.09. The van der Waals surface area contributed by atoms with Gasteiger partial charge in [-0.05, 0) is 37.0 Å². The Hall–Kier alpha value is -0.530. The van der Waals surface area contributed by atoms with Gasteiger partial charge >= 0.3 is 0 Å². The Morgan fingerprint density at radius 2 is 2.08 bits per heavy atom. The topological polar surface area (TPSA) is 26.0 Å². The third-order valence-corrected chi connectivity index (χ3v) is 2.88. The fourth-order valence-corrected chi connectivity index (χ4v) is 1.83. The van der Waals surface area contributed by atoms with Crippen LogP contribution in [-0.4, -0.2) is 0 Å². The summed E-state index contributed by atoms with van der Waals surface area (Å²) in [4.78, 5) is 0. The lowest BCUT2D eigenvalue weighted by Crippen LogP contribution is -2.43. The molecule has 0 aromatic heterocycles. The molecular formula is C10H12ClN. The summed E-state index contributed by atoms with van der Waals surface area (Å²) in [5, 5.41) is 0.782. The molecule has 0 radical (unpaired) electrons. The number of hydrogen-bond acceptors (Lipinski definition) is 1. The van der Waals surface area contributed by atoms with E-state index in [0.29, 0.717) is 0 Å². The minimum absolute atomic E-state index is 0.0785. The number of nitrogens with two attached hydrogens (primary N) is 1. The van der Waals surface area contributed by atoms with Crippen molar-refractivity contribution in [1.82, 2.24) is 0 Å². The molecule has 1 aromatic carbocycles. The summed E-state index contributed by atoms with van der Waals surface area (Å²) in [5.74, 6) is 0. The van der Waals surface area contributed by atoms with Crippen LogP contribution in [0.1, 0.15) is 24.8 Å². The van der Waals surface area contributed by atoms with E-state index >= 15 is 0 Å². The van der Waals surface area contributed by atoms with Gasteiger partial charge in [0.1, 0.15) is 0 Å². The van der Waals surface area contributed by atoms with Crippen molar-refractivity contribution in [3.05, 3.63) is 34.9 Å². The molecular weight excluding hydrogens is 170 g/mol. The maximum Gasteiger partial charge on any atom is 0.0410 e. The maximum atomic E-state index is 6.13. The molecule has 64 valence electrons. The zero-order chi connectivity index (χ0) is 8.60. The van der Waals surface area contributed by atoms with Crippen LogP contribution in [0.3, 0.4) is 0 Å². The van der Waals surface area contributed by atoms with Crippen molar-refractivity contribution >= 4 is 11.6 Å². The van der Waals surface area contributed by atoms with Crippen molar-refractivity contribution in [3.63, 3.8) is 0 Å². The van der Waals surface area contributed by atoms with Gasteiger partial charge in [0.2, 0.25) is 0 Å². The van der Waals surface area contributed by atoms with E-state index in [9.17, 15) is 0 Å². The largest absolute Gasteiger partial charge is 0.321 e. The lowest BCUT2D eigenvalue weighted by Gasteiger charge is -2.38. The minimum Gasteiger partial charge on any atom is -0.321 e. The molecule has 0 amide bonds. The lowest BCUT2D eigenvalue weighted by molar-refractivity contribution is 0.253. The van der Waals surface area contributed by atoms with Crippen molar-refractivity contribution in [2.75, 3.05) is 0 Å². The summed E-state index contributed by atoms with van der Waals surface area (Å²) in [6, 6.07) is 7.88. The van der Waals surface area contributed by atoms with Crippen LogP contribution in [-0.2, 0) is 5.54 Å². The van der Waals surface area contributed by atoms with E-state index in [1.54, 1.807) is 0 Å². The first-order chi connectivity index (χ1) is 5.71. The van der Waals surface area contributed by atoms with Crippen LogP contribution in [0.25, 0.3) is 0 Å². The predicted molar refractivity (Wildman–Crippen MR) is 51.2 cm³/mol. The second-order valence-electron chi connectivity index (χ2n) is 3.52. The average molecular weight is 182 g/mol. The third-order valence-electron chi connectivity index (χ3n) is 2.65. The van der Waals surface area contributed by atoms with Crippen molar-refractivity contribution in [2.24, 2.45) is 5.73 Å². The van der Waals surface area contributed by atoms with E-state index in [1.165, 1.54) is 12.0 Å². The van der Waals surface area contributed by atoms with E-state index in [-0.39, 0.29) is 5.54 Å². The Morgan fingerprint density at radius 1 is 1.33 bits per heavy atom. The molecule has 0 atom stereocenters. The monoisotopic (exact) mass is 181 g/mol. The third kappa shape index (κ3) is 1.23. The molecule has 0 saturated heterocycles. The molecule has 1 aliphatic carbocycles. The van der Waals surface area contributed by atoms with Gasteiger partial charge in [-0.3, -0.25) is 0 Å². The zero-order valence-electron chi connectivity index (χ0n) is 6.89. The Labute approximate surface area is 77.5 Å². The van der Waals surface area contributed by atoms with Gasteiger partial charge in [-0.2, -0.15) is 0 Å². The van der Waals surface area contributed by atoms with Gasteiger partial charge in [0.25, 0.3) is 0 Å². The van der Waals surface area contributed by atoms with Crippen molar-refractivity contribution in [2.45, 2.75) is 24.8 Å². The van der Waals surface area contributed by atoms with Gasteiger partial charge in [-0.25, -0.2) is 0 Å². The average Bonchev–Trinajstić information content (AvgIpc) is 2.00. The maximum absolute atomic E-state index is 6.13. The van der Waals surface area contributed by atoms with Crippen LogP contribution < -0.4 is 5.73 Å². The number of hydrogen-bond donors (Lipinski definition) is 1. The molecule has 12 heavy (non-hydrogen) atoms. The second kappa shape index (κ2) is 2.75. The lowest BCUT2D eigenvalue weighted by atomic mass is 9.73. The first-order valence-electron chi connectivity index (χ1n) is 4.26. The molecule has 0 unspecified atom stereocenters. The number of benzene rings is 1. The van der Waals surface area contributed by atoms with E-state index in [4.69, 9.17) is 17.3 Å². The number of halogens is 1. The summed E-state index contributed by atoms with van der Waals surface area (Å²) < 4.78 is 0. The molecule has 1 fully saturated rings. The van der Waals surface area contributed by atoms with Gasteiger partial charge in [0.05, 0.1) is 0 Å². The smallest absolute Gasteiger partial charge is 0.0410 e. The van der Waals surface area contributed by atoms with E-state index < -0.39 is 0 Å². The zero-order valence-corrected chi connectivity index (χ0v) is 7.64. The standard InChI is InChI=1S/C10H12ClN/c11-9-4-1-3-8(7-9)10(12)5-2-6-10/h1,3-4,7H,2,5-6,12H2. The van der Waals surface area contributed by atoms with E-state index in [0.717, 1.165) is 17.9 Å². The summed E-state index contributed by atoms with van der Waals surface area (Å²) >= 11 is 5.88. The molecule has 1 aromatic rings. The fourth-order valence-electron chi connectivity index (χ4n) is 1.64. The predicted octanol–water partition coefficient (Wildman–Crippen LogP) is 2.68. The first-order valence-corrected chi connectivity index (χ1v) is 4.63. The molecule has 0 heterocycles. The Morgan fingerprint density at radius 3 is 2.58 bits per heavy atom. The molecule has 1 saturated carbocycles. The number of rotatable bonds is 1. The molecule has 0 spiro atoms. The van der Waals surface area contributed by atoms with Crippen LogP contribution in [0, 0.1) is 0 Å². The second-order valence-corrected chi connectivity index (χ2v) is 3.96. The van der Waals surface area contributed by atoms with Crippen LogP contribution in [0.5, 0.6) is 0 Å².